The molecule has 1 aromatic carbocycles. The number of rotatable bonds is 1. The Kier molecular flexibility index (Phi) is 3.47. The SMILES string of the molecule is COC(=O)[C@H]1C[C@H]2NC(=O)C[C@@H]2[C@](C)(O)[C@@]12C(=O)N(C)c1ccccc12. The van der Waals surface area contributed by atoms with E-state index in [4.69, 9.17) is 4.74 Å². The molecule has 1 spiro atoms. The zero-order valence-electron chi connectivity index (χ0n) is 15.0. The van der Waals surface area contributed by atoms with E-state index < -0.39 is 28.8 Å². The molecular formula is C19H22N2O5. The van der Waals surface area contributed by atoms with E-state index in [1.165, 1.54) is 12.0 Å². The van der Waals surface area contributed by atoms with Crippen molar-refractivity contribution in [2.45, 2.75) is 36.8 Å². The number of esters is 1. The molecule has 2 fully saturated rings. The molecule has 5 atom stereocenters. The molecule has 1 aromatic rings. The van der Waals surface area contributed by atoms with Gasteiger partial charge in [-0.25, -0.2) is 0 Å². The number of ether oxygens (including phenoxy) is 1. The van der Waals surface area contributed by atoms with Gasteiger partial charge in [-0.1, -0.05) is 18.2 Å². The molecule has 2 amide bonds. The lowest BCUT2D eigenvalue weighted by Gasteiger charge is -2.53. The van der Waals surface area contributed by atoms with Crippen molar-refractivity contribution in [2.24, 2.45) is 11.8 Å². The third-order valence-corrected chi connectivity index (χ3v) is 6.59. The van der Waals surface area contributed by atoms with Gasteiger partial charge in [0.05, 0.1) is 18.6 Å². The number of benzene rings is 1. The molecule has 0 unspecified atom stereocenters. The summed E-state index contributed by atoms with van der Waals surface area (Å²) in [6.07, 6.45) is 0.389. The molecule has 0 bridgehead atoms. The minimum Gasteiger partial charge on any atom is -0.469 e. The Bertz CT molecular complexity index is 820. The van der Waals surface area contributed by atoms with Gasteiger partial charge < -0.3 is 20.1 Å². The smallest absolute Gasteiger partial charge is 0.310 e. The van der Waals surface area contributed by atoms with E-state index in [-0.39, 0.29) is 30.7 Å². The predicted octanol–water partition coefficient (Wildman–Crippen LogP) is 0.349. The van der Waals surface area contributed by atoms with E-state index in [9.17, 15) is 19.5 Å². The molecular weight excluding hydrogens is 336 g/mol. The van der Waals surface area contributed by atoms with E-state index in [0.717, 1.165) is 0 Å². The van der Waals surface area contributed by atoms with Gasteiger partial charge in [-0.3, -0.25) is 14.4 Å². The minimum absolute atomic E-state index is 0.131. The molecule has 2 heterocycles. The van der Waals surface area contributed by atoms with Crippen molar-refractivity contribution in [2.75, 3.05) is 19.1 Å². The summed E-state index contributed by atoms with van der Waals surface area (Å²) in [6, 6.07) is 6.83. The van der Waals surface area contributed by atoms with Crippen molar-refractivity contribution in [1.29, 1.82) is 0 Å². The zero-order chi connectivity index (χ0) is 18.9. The van der Waals surface area contributed by atoms with Crippen LogP contribution in [0.4, 0.5) is 5.69 Å². The summed E-state index contributed by atoms with van der Waals surface area (Å²) < 4.78 is 5.01. The monoisotopic (exact) mass is 358 g/mol. The third kappa shape index (κ3) is 1.79. The molecule has 1 saturated heterocycles. The number of likely N-dealkylation sites (N-methyl/N-ethyl adjacent to an activating group) is 1. The van der Waals surface area contributed by atoms with Crippen molar-refractivity contribution in [3.63, 3.8) is 0 Å². The van der Waals surface area contributed by atoms with Crippen LogP contribution in [-0.2, 0) is 24.5 Å². The van der Waals surface area contributed by atoms with Crippen LogP contribution in [-0.4, -0.2) is 48.7 Å². The first-order chi connectivity index (χ1) is 12.3. The van der Waals surface area contributed by atoms with Crippen molar-refractivity contribution >= 4 is 23.5 Å². The Labute approximate surface area is 151 Å². The topological polar surface area (TPSA) is 95.9 Å². The third-order valence-electron chi connectivity index (χ3n) is 6.59. The average Bonchev–Trinajstić information content (AvgIpc) is 3.10. The summed E-state index contributed by atoms with van der Waals surface area (Å²) in [6.45, 7) is 1.58. The number of hydrogen-bond acceptors (Lipinski definition) is 5. The van der Waals surface area contributed by atoms with Crippen LogP contribution in [0.1, 0.15) is 25.3 Å². The maximum atomic E-state index is 13.5. The zero-order valence-corrected chi connectivity index (χ0v) is 15.0. The van der Waals surface area contributed by atoms with Crippen LogP contribution >= 0.6 is 0 Å². The highest BCUT2D eigenvalue weighted by Gasteiger charge is 2.72. The minimum atomic E-state index is -1.59. The highest BCUT2D eigenvalue weighted by Crippen LogP contribution is 2.60. The van der Waals surface area contributed by atoms with Gasteiger partial charge >= 0.3 is 5.97 Å². The van der Waals surface area contributed by atoms with Crippen LogP contribution in [0.2, 0.25) is 0 Å². The summed E-state index contributed by atoms with van der Waals surface area (Å²) in [5, 5.41) is 14.6. The second-order valence-electron chi connectivity index (χ2n) is 7.63. The summed E-state index contributed by atoms with van der Waals surface area (Å²) in [5.41, 5.74) is -1.78. The van der Waals surface area contributed by atoms with Gasteiger partial charge in [0, 0.05) is 31.1 Å². The number of carbonyl (C=O) groups is 3. The fraction of sp³-hybridized carbons (Fsp3) is 0.526. The van der Waals surface area contributed by atoms with Crippen molar-refractivity contribution < 1.29 is 24.2 Å². The van der Waals surface area contributed by atoms with Crippen LogP contribution in [0.5, 0.6) is 0 Å². The molecule has 138 valence electrons. The van der Waals surface area contributed by atoms with Crippen LogP contribution in [0.3, 0.4) is 0 Å². The standard InChI is InChI=1S/C19H22N2O5/c1-18(25)11-9-15(22)20-13(11)8-12(16(23)26-3)19(18)10-6-4-5-7-14(10)21(2)17(19)24/h4-7,11-13,25H,8-9H2,1-3H3,(H,20,22)/t11-,12+,13+,18-,19+/m0/s1. The number of methoxy groups -OCH3 is 1. The Balaban J connectivity index is 2.01. The number of anilines is 1. The summed E-state index contributed by atoms with van der Waals surface area (Å²) >= 11 is 0. The molecule has 2 aliphatic heterocycles. The van der Waals surface area contributed by atoms with E-state index in [1.54, 1.807) is 32.2 Å². The first kappa shape index (κ1) is 17.0. The number of fused-ring (bicyclic) bond motifs is 3. The lowest BCUT2D eigenvalue weighted by atomic mass is 9.50. The molecule has 0 radical (unpaired) electrons. The van der Waals surface area contributed by atoms with Crippen molar-refractivity contribution in [3.8, 4) is 0 Å². The van der Waals surface area contributed by atoms with Gasteiger partial charge in [0.25, 0.3) is 0 Å². The van der Waals surface area contributed by atoms with Gasteiger partial charge in [0.15, 0.2) is 0 Å². The molecule has 7 nitrogen and oxygen atoms in total. The molecule has 1 saturated carbocycles. The van der Waals surface area contributed by atoms with Crippen molar-refractivity contribution in [3.05, 3.63) is 29.8 Å². The molecule has 7 heteroatoms. The number of nitrogens with zero attached hydrogens (tertiary/aromatic N) is 1. The first-order valence-corrected chi connectivity index (χ1v) is 8.74. The largest absolute Gasteiger partial charge is 0.469 e. The molecule has 3 aliphatic rings. The number of hydrogen-bond donors (Lipinski definition) is 2. The summed E-state index contributed by atoms with van der Waals surface area (Å²) in [5.74, 6) is -2.41. The number of carbonyl (C=O) groups excluding carboxylic acids is 3. The fourth-order valence-electron chi connectivity index (χ4n) is 5.43. The molecule has 4 rings (SSSR count). The Morgan fingerprint density at radius 2 is 2.04 bits per heavy atom. The second-order valence-corrected chi connectivity index (χ2v) is 7.63. The van der Waals surface area contributed by atoms with Crippen LogP contribution in [0.25, 0.3) is 0 Å². The van der Waals surface area contributed by atoms with Gasteiger partial charge in [0.1, 0.15) is 5.41 Å². The van der Waals surface area contributed by atoms with Crippen LogP contribution in [0, 0.1) is 11.8 Å². The predicted molar refractivity (Wildman–Crippen MR) is 92.3 cm³/mol. The molecule has 1 aliphatic carbocycles. The van der Waals surface area contributed by atoms with Crippen LogP contribution < -0.4 is 10.2 Å². The Morgan fingerprint density at radius 1 is 1.35 bits per heavy atom. The van der Waals surface area contributed by atoms with E-state index >= 15 is 0 Å². The van der Waals surface area contributed by atoms with Gasteiger partial charge in [-0.2, -0.15) is 0 Å². The second kappa shape index (κ2) is 5.30. The fourth-order valence-corrected chi connectivity index (χ4v) is 5.43. The van der Waals surface area contributed by atoms with E-state index in [2.05, 4.69) is 5.32 Å². The Morgan fingerprint density at radius 3 is 2.73 bits per heavy atom. The van der Waals surface area contributed by atoms with Crippen molar-refractivity contribution in [1.82, 2.24) is 5.32 Å². The van der Waals surface area contributed by atoms with E-state index in [1.807, 2.05) is 6.07 Å². The number of aliphatic hydroxyl groups is 1. The van der Waals surface area contributed by atoms with Crippen LogP contribution in [0.15, 0.2) is 24.3 Å². The molecule has 26 heavy (non-hydrogen) atoms. The average molecular weight is 358 g/mol. The number of nitrogens with one attached hydrogen (secondary N) is 1. The lowest BCUT2D eigenvalue weighted by molar-refractivity contribution is -0.175. The maximum absolute atomic E-state index is 13.5. The highest BCUT2D eigenvalue weighted by atomic mass is 16.5. The van der Waals surface area contributed by atoms with Gasteiger partial charge in [-0.15, -0.1) is 0 Å². The highest BCUT2D eigenvalue weighted by molar-refractivity contribution is 6.11. The normalized spacial score (nSPS) is 38.2. The lowest BCUT2D eigenvalue weighted by Crippen LogP contribution is -2.69. The molecule has 2 N–H and O–H groups in total. The summed E-state index contributed by atoms with van der Waals surface area (Å²) in [7, 11) is 2.92. The number of amides is 2. The Hall–Kier alpha value is -2.41. The summed E-state index contributed by atoms with van der Waals surface area (Å²) in [4.78, 5) is 39.7. The number of para-hydroxylation sites is 1. The molecule has 0 aromatic heterocycles. The van der Waals surface area contributed by atoms with E-state index in [0.29, 0.717) is 11.3 Å². The van der Waals surface area contributed by atoms with Gasteiger partial charge in [0.2, 0.25) is 11.8 Å². The maximum Gasteiger partial charge on any atom is 0.310 e. The first-order valence-electron chi connectivity index (χ1n) is 8.74. The van der Waals surface area contributed by atoms with Gasteiger partial charge in [-0.05, 0) is 25.0 Å². The quantitative estimate of drug-likeness (QED) is 0.706.